The lowest BCUT2D eigenvalue weighted by atomic mass is 10.1. The predicted octanol–water partition coefficient (Wildman–Crippen LogP) is 0.652. The van der Waals surface area contributed by atoms with Crippen molar-refractivity contribution >= 4 is 12.0 Å². The number of carbonyl (C=O) groups is 2. The zero-order chi connectivity index (χ0) is 13.9. The van der Waals surface area contributed by atoms with Gasteiger partial charge in [0.1, 0.15) is 0 Å². The number of nitrogens with one attached hydrogen (secondary N) is 1. The first-order valence-electron chi connectivity index (χ1n) is 6.16. The van der Waals surface area contributed by atoms with E-state index in [0.29, 0.717) is 19.3 Å². The number of amides is 2. The van der Waals surface area contributed by atoms with E-state index in [9.17, 15) is 14.7 Å². The average molecular weight is 258 g/mol. The predicted molar refractivity (Wildman–Crippen MR) is 66.2 cm³/mol. The maximum Gasteiger partial charge on any atom is 0.317 e. The molecule has 0 aromatic carbocycles. The Morgan fingerprint density at radius 3 is 2.44 bits per heavy atom. The fourth-order valence-corrected chi connectivity index (χ4v) is 1.99. The van der Waals surface area contributed by atoms with Crippen LogP contribution in [0, 0.1) is 5.92 Å². The molecule has 0 bridgehead atoms. The van der Waals surface area contributed by atoms with Gasteiger partial charge in [0.05, 0.1) is 18.1 Å². The third-order valence-corrected chi connectivity index (χ3v) is 3.71. The third-order valence-electron chi connectivity index (χ3n) is 3.71. The molecule has 0 radical (unpaired) electrons. The average Bonchev–Trinajstić information content (AvgIpc) is 2.76. The van der Waals surface area contributed by atoms with E-state index >= 15 is 0 Å². The van der Waals surface area contributed by atoms with E-state index in [1.165, 1.54) is 4.90 Å². The Morgan fingerprint density at radius 2 is 2.00 bits per heavy atom. The maximum absolute atomic E-state index is 11.9. The quantitative estimate of drug-likeness (QED) is 0.690. The molecule has 0 aromatic heterocycles. The van der Waals surface area contributed by atoms with Crippen molar-refractivity contribution in [1.29, 1.82) is 0 Å². The number of aliphatic carboxylic acids is 1. The number of rotatable bonds is 4. The molecule has 0 heterocycles. The second-order valence-corrected chi connectivity index (χ2v) is 5.52. The van der Waals surface area contributed by atoms with Crippen LogP contribution in [-0.4, -0.2) is 52.3 Å². The summed E-state index contributed by atoms with van der Waals surface area (Å²) < 4.78 is 0. The summed E-state index contributed by atoms with van der Waals surface area (Å²) in [5.41, 5.74) is -0.630. The Labute approximate surface area is 107 Å². The second-order valence-electron chi connectivity index (χ2n) is 5.52. The number of urea groups is 1. The summed E-state index contributed by atoms with van der Waals surface area (Å²) in [7, 11) is 1.62. The molecule has 1 fully saturated rings. The molecule has 6 heteroatoms. The Hall–Kier alpha value is -1.30. The molecule has 1 rings (SSSR count). The van der Waals surface area contributed by atoms with E-state index in [0.717, 1.165) is 0 Å². The van der Waals surface area contributed by atoms with E-state index in [4.69, 9.17) is 5.11 Å². The van der Waals surface area contributed by atoms with Crippen molar-refractivity contribution in [2.75, 3.05) is 13.7 Å². The van der Waals surface area contributed by atoms with Crippen molar-refractivity contribution in [2.24, 2.45) is 5.92 Å². The van der Waals surface area contributed by atoms with Crippen LogP contribution in [0.1, 0.15) is 33.1 Å². The van der Waals surface area contributed by atoms with Gasteiger partial charge in [0.25, 0.3) is 0 Å². The fourth-order valence-electron chi connectivity index (χ4n) is 1.99. The summed E-state index contributed by atoms with van der Waals surface area (Å²) in [6.07, 6.45) is 1.78. The minimum atomic E-state index is -0.796. The van der Waals surface area contributed by atoms with Gasteiger partial charge in [-0.25, -0.2) is 4.79 Å². The normalized spacial score (nSPS) is 23.8. The van der Waals surface area contributed by atoms with Gasteiger partial charge >= 0.3 is 12.0 Å². The number of aliphatic hydroxyl groups is 1. The van der Waals surface area contributed by atoms with Crippen LogP contribution in [0.2, 0.25) is 0 Å². The summed E-state index contributed by atoms with van der Waals surface area (Å²) in [4.78, 5) is 24.2. The molecule has 2 atom stereocenters. The first-order chi connectivity index (χ1) is 8.27. The van der Waals surface area contributed by atoms with E-state index in [1.54, 1.807) is 20.9 Å². The minimum Gasteiger partial charge on any atom is -0.481 e. The topological polar surface area (TPSA) is 89.9 Å². The fraction of sp³-hybridized carbons (Fsp3) is 0.833. The lowest BCUT2D eigenvalue weighted by Gasteiger charge is -2.34. The third kappa shape index (κ3) is 3.35. The van der Waals surface area contributed by atoms with Crippen molar-refractivity contribution in [3.63, 3.8) is 0 Å². The number of carboxylic acid groups (broad SMARTS) is 1. The highest BCUT2D eigenvalue weighted by atomic mass is 16.4. The van der Waals surface area contributed by atoms with E-state index < -0.39 is 11.5 Å². The van der Waals surface area contributed by atoms with Gasteiger partial charge in [-0.1, -0.05) is 0 Å². The van der Waals surface area contributed by atoms with E-state index in [1.807, 2.05) is 0 Å². The van der Waals surface area contributed by atoms with Gasteiger partial charge in [-0.3, -0.25) is 4.79 Å². The summed E-state index contributed by atoms with van der Waals surface area (Å²) in [5.74, 6) is -1.15. The van der Waals surface area contributed by atoms with Crippen molar-refractivity contribution in [3.05, 3.63) is 0 Å². The molecule has 0 saturated heterocycles. The Morgan fingerprint density at radius 1 is 1.39 bits per heavy atom. The highest BCUT2D eigenvalue weighted by molar-refractivity contribution is 5.75. The zero-order valence-corrected chi connectivity index (χ0v) is 11.1. The van der Waals surface area contributed by atoms with Crippen LogP contribution in [0.3, 0.4) is 0 Å². The van der Waals surface area contributed by atoms with Crippen LogP contribution in [0.5, 0.6) is 0 Å². The summed E-state index contributed by atoms with van der Waals surface area (Å²) in [5, 5.41) is 20.9. The smallest absolute Gasteiger partial charge is 0.317 e. The number of hydrogen-bond acceptors (Lipinski definition) is 3. The van der Waals surface area contributed by atoms with Gasteiger partial charge in [0, 0.05) is 13.1 Å². The van der Waals surface area contributed by atoms with Gasteiger partial charge in [0.15, 0.2) is 0 Å². The molecular formula is C12H22N2O4. The molecule has 0 spiro atoms. The number of nitrogens with zero attached hydrogens (tertiary/aromatic N) is 1. The van der Waals surface area contributed by atoms with Crippen molar-refractivity contribution in [1.82, 2.24) is 10.2 Å². The van der Waals surface area contributed by atoms with Crippen LogP contribution in [-0.2, 0) is 4.79 Å². The highest BCUT2D eigenvalue weighted by Gasteiger charge is 2.33. The van der Waals surface area contributed by atoms with Crippen LogP contribution >= 0.6 is 0 Å². The van der Waals surface area contributed by atoms with Crippen molar-refractivity contribution in [3.8, 4) is 0 Å². The van der Waals surface area contributed by atoms with Gasteiger partial charge in [-0.05, 0) is 33.1 Å². The first-order valence-corrected chi connectivity index (χ1v) is 6.16. The molecule has 1 aliphatic rings. The minimum absolute atomic E-state index is 0.0875. The van der Waals surface area contributed by atoms with Crippen LogP contribution in [0.15, 0.2) is 0 Å². The van der Waals surface area contributed by atoms with E-state index in [2.05, 4.69) is 5.32 Å². The number of carboxylic acids is 1. The standard InChI is InChI=1S/C12H22N2O4/c1-12(2,7-15)14(3)11(18)13-9-5-4-8(6-9)10(16)17/h8-9,15H,4-7H2,1-3H3,(H,13,18)(H,16,17). The van der Waals surface area contributed by atoms with Crippen LogP contribution in [0.4, 0.5) is 4.79 Å². The van der Waals surface area contributed by atoms with Gasteiger partial charge < -0.3 is 20.4 Å². The van der Waals surface area contributed by atoms with Gasteiger partial charge in [-0.2, -0.15) is 0 Å². The molecule has 18 heavy (non-hydrogen) atoms. The lowest BCUT2D eigenvalue weighted by molar-refractivity contribution is -0.141. The van der Waals surface area contributed by atoms with Crippen molar-refractivity contribution < 1.29 is 19.8 Å². The molecule has 6 nitrogen and oxygen atoms in total. The molecule has 1 aliphatic carbocycles. The Bertz CT molecular complexity index is 330. The number of aliphatic hydroxyl groups excluding tert-OH is 1. The van der Waals surface area contributed by atoms with Gasteiger partial charge in [-0.15, -0.1) is 0 Å². The van der Waals surface area contributed by atoms with Crippen LogP contribution < -0.4 is 5.32 Å². The lowest BCUT2D eigenvalue weighted by Crippen LogP contribution is -2.53. The van der Waals surface area contributed by atoms with Crippen molar-refractivity contribution in [2.45, 2.75) is 44.7 Å². The Balaban J connectivity index is 2.49. The molecular weight excluding hydrogens is 236 g/mol. The highest BCUT2D eigenvalue weighted by Crippen LogP contribution is 2.26. The van der Waals surface area contributed by atoms with E-state index in [-0.39, 0.29) is 24.6 Å². The number of likely N-dealkylation sites (N-methyl/N-ethyl adjacent to an activating group) is 1. The maximum atomic E-state index is 11.9. The number of hydrogen-bond donors (Lipinski definition) is 3. The zero-order valence-electron chi connectivity index (χ0n) is 11.1. The molecule has 1 saturated carbocycles. The monoisotopic (exact) mass is 258 g/mol. The number of carbonyl (C=O) groups excluding carboxylic acids is 1. The SMILES string of the molecule is CN(C(=O)NC1CCC(C(=O)O)C1)C(C)(C)CO. The largest absolute Gasteiger partial charge is 0.481 e. The molecule has 104 valence electrons. The molecule has 2 unspecified atom stereocenters. The molecule has 0 aliphatic heterocycles. The van der Waals surface area contributed by atoms with Crippen LogP contribution in [0.25, 0.3) is 0 Å². The second kappa shape index (κ2) is 5.56. The van der Waals surface area contributed by atoms with Gasteiger partial charge in [0.2, 0.25) is 0 Å². The Kier molecular flexibility index (Phi) is 4.56. The summed E-state index contributed by atoms with van der Waals surface area (Å²) >= 11 is 0. The first kappa shape index (κ1) is 14.8. The molecule has 0 aromatic rings. The summed E-state index contributed by atoms with van der Waals surface area (Å²) in [6, 6.07) is -0.361. The molecule has 2 amide bonds. The molecule has 3 N–H and O–H groups in total. The summed E-state index contributed by atoms with van der Waals surface area (Å²) in [6.45, 7) is 3.40.